The van der Waals surface area contributed by atoms with Crippen LogP contribution in [0.1, 0.15) is 38.4 Å². The summed E-state index contributed by atoms with van der Waals surface area (Å²) in [4.78, 5) is 3.92. The van der Waals surface area contributed by atoms with E-state index in [1.54, 1.807) is 0 Å². The molecule has 1 rings (SSSR count). The molecule has 0 bridgehead atoms. The molecule has 0 aromatic carbocycles. The average molecular weight is 182 g/mol. The smallest absolute Gasteiger partial charge is 0.180 e. The molecule has 3 nitrogen and oxygen atoms in total. The Balaban J connectivity index is 2.35. The van der Waals surface area contributed by atoms with Crippen LogP contribution in [-0.4, -0.2) is 18.1 Å². The summed E-state index contributed by atoms with van der Waals surface area (Å²) < 4.78 is 5.27. The minimum Gasteiger partial charge on any atom is -0.448 e. The zero-order valence-corrected chi connectivity index (χ0v) is 8.42. The number of nitrogens with one attached hydrogen (secondary N) is 1. The van der Waals surface area contributed by atoms with Crippen LogP contribution in [0.4, 0.5) is 0 Å². The molecule has 0 saturated heterocycles. The molecule has 1 heterocycles. The van der Waals surface area contributed by atoms with Crippen molar-refractivity contribution in [2.45, 2.75) is 32.6 Å². The fourth-order valence-electron chi connectivity index (χ4n) is 1.33. The van der Waals surface area contributed by atoms with Gasteiger partial charge in [0, 0.05) is 12.5 Å². The highest BCUT2D eigenvalue weighted by atomic mass is 16.3. The van der Waals surface area contributed by atoms with Gasteiger partial charge in [-0.2, -0.15) is 0 Å². The molecule has 3 heteroatoms. The molecule has 74 valence electrons. The van der Waals surface area contributed by atoms with Gasteiger partial charge in [0.25, 0.3) is 0 Å². The summed E-state index contributed by atoms with van der Waals surface area (Å²) in [5.74, 6) is 1.46. The van der Waals surface area contributed by atoms with Gasteiger partial charge in [-0.3, -0.25) is 0 Å². The van der Waals surface area contributed by atoms with Gasteiger partial charge in [0.15, 0.2) is 6.39 Å². The second kappa shape index (κ2) is 5.75. The van der Waals surface area contributed by atoms with Crippen molar-refractivity contribution in [2.75, 3.05) is 13.1 Å². The normalized spacial score (nSPS) is 13.1. The van der Waals surface area contributed by atoms with Gasteiger partial charge in [0.1, 0.15) is 5.76 Å². The zero-order chi connectivity index (χ0) is 9.52. The Hall–Kier alpha value is -0.830. The summed E-state index contributed by atoms with van der Waals surface area (Å²) in [6, 6.07) is 0. The minimum absolute atomic E-state index is 0.467. The summed E-state index contributed by atoms with van der Waals surface area (Å²) in [6.07, 6.45) is 5.57. The van der Waals surface area contributed by atoms with Crippen molar-refractivity contribution in [3.05, 3.63) is 18.4 Å². The Kier molecular flexibility index (Phi) is 4.54. The molecule has 0 amide bonds. The second-order valence-corrected chi connectivity index (χ2v) is 3.21. The van der Waals surface area contributed by atoms with Crippen molar-refractivity contribution in [2.24, 2.45) is 0 Å². The lowest BCUT2D eigenvalue weighted by atomic mass is 10.0. The van der Waals surface area contributed by atoms with Crippen molar-refractivity contribution in [3.8, 4) is 0 Å². The van der Waals surface area contributed by atoms with E-state index in [0.29, 0.717) is 5.92 Å². The standard InChI is InChI=1S/C10H18N2O/c1-3-5-11-6-9(4-2)10-7-12-8-13-10/h7-9,11H,3-6H2,1-2H3. The molecule has 0 fully saturated rings. The predicted molar refractivity (Wildman–Crippen MR) is 52.7 cm³/mol. The van der Waals surface area contributed by atoms with Gasteiger partial charge in [0.2, 0.25) is 0 Å². The lowest BCUT2D eigenvalue weighted by Gasteiger charge is -2.11. The quantitative estimate of drug-likeness (QED) is 0.685. The van der Waals surface area contributed by atoms with Crippen molar-refractivity contribution in [1.82, 2.24) is 10.3 Å². The van der Waals surface area contributed by atoms with E-state index < -0.39 is 0 Å². The maximum absolute atomic E-state index is 5.27. The minimum atomic E-state index is 0.467. The first-order valence-electron chi connectivity index (χ1n) is 4.97. The number of hydrogen-bond acceptors (Lipinski definition) is 3. The van der Waals surface area contributed by atoms with Crippen molar-refractivity contribution >= 4 is 0 Å². The molecule has 0 aliphatic rings. The number of aromatic nitrogens is 1. The third-order valence-electron chi connectivity index (χ3n) is 2.16. The summed E-state index contributed by atoms with van der Waals surface area (Å²) in [5, 5.41) is 3.39. The van der Waals surface area contributed by atoms with E-state index in [9.17, 15) is 0 Å². The van der Waals surface area contributed by atoms with Gasteiger partial charge in [-0.05, 0) is 19.4 Å². The van der Waals surface area contributed by atoms with Crippen LogP contribution in [0, 0.1) is 0 Å². The van der Waals surface area contributed by atoms with Crippen LogP contribution in [0.2, 0.25) is 0 Å². The van der Waals surface area contributed by atoms with E-state index in [0.717, 1.165) is 25.3 Å². The molecule has 1 aromatic heterocycles. The molecule has 1 N–H and O–H groups in total. The second-order valence-electron chi connectivity index (χ2n) is 3.21. The van der Waals surface area contributed by atoms with Crippen LogP contribution in [0.25, 0.3) is 0 Å². The van der Waals surface area contributed by atoms with Gasteiger partial charge in [0.05, 0.1) is 6.20 Å². The molecule has 0 saturated carbocycles. The average Bonchev–Trinajstić information content (AvgIpc) is 2.65. The summed E-state index contributed by atoms with van der Waals surface area (Å²) in [7, 11) is 0. The van der Waals surface area contributed by atoms with E-state index >= 15 is 0 Å². The van der Waals surface area contributed by atoms with Crippen molar-refractivity contribution < 1.29 is 4.42 Å². The Bertz CT molecular complexity index is 209. The van der Waals surface area contributed by atoms with Crippen molar-refractivity contribution in [3.63, 3.8) is 0 Å². The number of rotatable bonds is 6. The maximum Gasteiger partial charge on any atom is 0.180 e. The van der Waals surface area contributed by atoms with E-state index in [4.69, 9.17) is 4.42 Å². The van der Waals surface area contributed by atoms with Gasteiger partial charge in [-0.25, -0.2) is 4.98 Å². The van der Waals surface area contributed by atoms with Crippen LogP contribution in [0.15, 0.2) is 17.0 Å². The number of nitrogens with zero attached hydrogens (tertiary/aromatic N) is 1. The van der Waals surface area contributed by atoms with Gasteiger partial charge in [-0.15, -0.1) is 0 Å². The molecule has 13 heavy (non-hydrogen) atoms. The lowest BCUT2D eigenvalue weighted by molar-refractivity contribution is 0.435. The molecule has 1 aromatic rings. The van der Waals surface area contributed by atoms with Crippen LogP contribution in [0.5, 0.6) is 0 Å². The van der Waals surface area contributed by atoms with Gasteiger partial charge >= 0.3 is 0 Å². The Morgan fingerprint density at radius 1 is 1.54 bits per heavy atom. The topological polar surface area (TPSA) is 38.1 Å². The first-order valence-corrected chi connectivity index (χ1v) is 4.97. The van der Waals surface area contributed by atoms with Crippen LogP contribution in [0.3, 0.4) is 0 Å². The first kappa shape index (κ1) is 10.3. The Morgan fingerprint density at radius 3 is 2.92 bits per heavy atom. The molecular formula is C10H18N2O. The van der Waals surface area contributed by atoms with E-state index in [1.807, 2.05) is 6.20 Å². The molecule has 0 aliphatic heterocycles. The van der Waals surface area contributed by atoms with Crippen LogP contribution < -0.4 is 5.32 Å². The van der Waals surface area contributed by atoms with Crippen LogP contribution in [-0.2, 0) is 0 Å². The van der Waals surface area contributed by atoms with E-state index in [2.05, 4.69) is 24.1 Å². The summed E-state index contributed by atoms with van der Waals surface area (Å²) >= 11 is 0. The van der Waals surface area contributed by atoms with E-state index in [-0.39, 0.29) is 0 Å². The van der Waals surface area contributed by atoms with E-state index in [1.165, 1.54) is 12.8 Å². The molecule has 1 unspecified atom stereocenters. The highest BCUT2D eigenvalue weighted by Crippen LogP contribution is 2.17. The van der Waals surface area contributed by atoms with Gasteiger partial charge in [-0.1, -0.05) is 13.8 Å². The summed E-state index contributed by atoms with van der Waals surface area (Å²) in [5.41, 5.74) is 0. The first-order chi connectivity index (χ1) is 6.38. The highest BCUT2D eigenvalue weighted by molar-refractivity contribution is 4.99. The highest BCUT2D eigenvalue weighted by Gasteiger charge is 2.11. The van der Waals surface area contributed by atoms with Gasteiger partial charge < -0.3 is 9.73 Å². The third kappa shape index (κ3) is 3.19. The molecule has 0 radical (unpaired) electrons. The SMILES string of the molecule is CCCNCC(CC)c1cnco1. The molecule has 0 aliphatic carbocycles. The fraction of sp³-hybridized carbons (Fsp3) is 0.700. The Morgan fingerprint density at radius 2 is 2.38 bits per heavy atom. The Labute approximate surface area is 79.5 Å². The largest absolute Gasteiger partial charge is 0.448 e. The fourth-order valence-corrected chi connectivity index (χ4v) is 1.33. The molecule has 0 spiro atoms. The molecular weight excluding hydrogens is 164 g/mol. The summed E-state index contributed by atoms with van der Waals surface area (Å²) in [6.45, 7) is 6.40. The van der Waals surface area contributed by atoms with Crippen LogP contribution >= 0.6 is 0 Å². The monoisotopic (exact) mass is 182 g/mol. The lowest BCUT2D eigenvalue weighted by Crippen LogP contribution is -2.21. The van der Waals surface area contributed by atoms with Crippen molar-refractivity contribution in [1.29, 1.82) is 0 Å². The zero-order valence-electron chi connectivity index (χ0n) is 8.42. The maximum atomic E-state index is 5.27. The molecule has 1 atom stereocenters. The number of hydrogen-bond donors (Lipinski definition) is 1. The number of oxazole rings is 1. The predicted octanol–water partition coefficient (Wildman–Crippen LogP) is 2.17. The third-order valence-corrected chi connectivity index (χ3v) is 2.16.